The van der Waals surface area contributed by atoms with Crippen molar-refractivity contribution in [2.45, 2.75) is 18.4 Å². The molecule has 0 atom stereocenters. The highest BCUT2D eigenvalue weighted by molar-refractivity contribution is 7.98. The number of thioether (sulfide) groups is 1. The average Bonchev–Trinajstić information content (AvgIpc) is 2.53. The third kappa shape index (κ3) is 4.43. The fourth-order valence-corrected chi connectivity index (χ4v) is 2.42. The van der Waals surface area contributed by atoms with Crippen LogP contribution in [-0.4, -0.2) is 19.4 Å². The zero-order valence-electron chi connectivity index (χ0n) is 13.0. The Bertz CT molecular complexity index is 642. The molecule has 0 heterocycles. The van der Waals surface area contributed by atoms with Gasteiger partial charge in [0.15, 0.2) is 0 Å². The number of nitrogens with one attached hydrogen (secondary N) is 2. The molecule has 0 saturated heterocycles. The molecule has 2 aromatic carbocycles. The minimum atomic E-state index is -0.252. The number of methoxy groups -OCH3 is 1. The Morgan fingerprint density at radius 2 is 1.91 bits per heavy atom. The molecule has 0 aromatic heterocycles. The monoisotopic (exact) mass is 316 g/mol. The second-order valence-corrected chi connectivity index (χ2v) is 5.74. The Morgan fingerprint density at radius 3 is 2.55 bits per heavy atom. The van der Waals surface area contributed by atoms with Crippen LogP contribution in [0.2, 0.25) is 0 Å². The maximum Gasteiger partial charge on any atom is 0.319 e. The molecule has 22 heavy (non-hydrogen) atoms. The van der Waals surface area contributed by atoms with Crippen molar-refractivity contribution in [1.82, 2.24) is 5.32 Å². The Labute approximate surface area is 135 Å². The molecule has 0 bridgehead atoms. The van der Waals surface area contributed by atoms with E-state index in [1.807, 2.05) is 55.6 Å². The van der Waals surface area contributed by atoms with E-state index in [9.17, 15) is 4.79 Å². The lowest BCUT2D eigenvalue weighted by Gasteiger charge is -2.12. The molecule has 2 aromatic rings. The third-order valence-electron chi connectivity index (χ3n) is 3.22. The lowest BCUT2D eigenvalue weighted by molar-refractivity contribution is 0.251. The molecular weight excluding hydrogens is 296 g/mol. The van der Waals surface area contributed by atoms with Gasteiger partial charge < -0.3 is 15.4 Å². The van der Waals surface area contributed by atoms with E-state index >= 15 is 0 Å². The Kier molecular flexibility index (Phi) is 5.72. The Hall–Kier alpha value is -2.14. The molecule has 116 valence electrons. The van der Waals surface area contributed by atoms with Crippen molar-refractivity contribution < 1.29 is 9.53 Å². The maximum atomic E-state index is 12.0. The lowest BCUT2D eigenvalue weighted by atomic mass is 10.2. The zero-order valence-corrected chi connectivity index (χ0v) is 13.8. The topological polar surface area (TPSA) is 50.4 Å². The highest BCUT2D eigenvalue weighted by Crippen LogP contribution is 2.25. The van der Waals surface area contributed by atoms with Crippen molar-refractivity contribution in [1.29, 1.82) is 0 Å². The minimum Gasteiger partial charge on any atom is -0.495 e. The number of hydrogen-bond donors (Lipinski definition) is 2. The molecule has 0 aliphatic heterocycles. The van der Waals surface area contributed by atoms with E-state index < -0.39 is 0 Å². The standard InChI is InChI=1S/C17H20N2O2S/c1-12-4-9-16(21-2)15(10-12)19-17(20)18-11-13-5-7-14(22-3)8-6-13/h4-10H,11H2,1-3H3,(H2,18,19,20). The van der Waals surface area contributed by atoms with Gasteiger partial charge in [-0.2, -0.15) is 0 Å². The first-order chi connectivity index (χ1) is 10.6. The minimum absolute atomic E-state index is 0.252. The number of amides is 2. The number of benzene rings is 2. The van der Waals surface area contributed by atoms with Crippen molar-refractivity contribution in [2.24, 2.45) is 0 Å². The van der Waals surface area contributed by atoms with E-state index in [1.165, 1.54) is 4.90 Å². The first kappa shape index (κ1) is 16.2. The molecular formula is C17H20N2O2S. The van der Waals surface area contributed by atoms with Crippen LogP contribution in [0, 0.1) is 6.92 Å². The fourth-order valence-electron chi connectivity index (χ4n) is 2.01. The largest absolute Gasteiger partial charge is 0.495 e. The molecule has 0 unspecified atom stereocenters. The van der Waals surface area contributed by atoms with Crippen LogP contribution in [0.4, 0.5) is 10.5 Å². The van der Waals surface area contributed by atoms with Crippen molar-refractivity contribution in [3.05, 3.63) is 53.6 Å². The van der Waals surface area contributed by atoms with Crippen LogP contribution in [0.3, 0.4) is 0 Å². The van der Waals surface area contributed by atoms with Crippen LogP contribution in [0.5, 0.6) is 5.75 Å². The van der Waals surface area contributed by atoms with Gasteiger partial charge in [-0.25, -0.2) is 4.79 Å². The summed E-state index contributed by atoms with van der Waals surface area (Å²) in [5, 5.41) is 5.66. The summed E-state index contributed by atoms with van der Waals surface area (Å²) in [7, 11) is 1.58. The number of hydrogen-bond acceptors (Lipinski definition) is 3. The van der Waals surface area contributed by atoms with Gasteiger partial charge >= 0.3 is 6.03 Å². The van der Waals surface area contributed by atoms with Crippen molar-refractivity contribution >= 4 is 23.5 Å². The second kappa shape index (κ2) is 7.75. The molecule has 2 N–H and O–H groups in total. The van der Waals surface area contributed by atoms with Crippen molar-refractivity contribution in [3.8, 4) is 5.75 Å². The molecule has 0 aliphatic carbocycles. The summed E-state index contributed by atoms with van der Waals surface area (Å²) in [6.07, 6.45) is 2.04. The Balaban J connectivity index is 1.94. The summed E-state index contributed by atoms with van der Waals surface area (Å²) < 4.78 is 5.24. The van der Waals surface area contributed by atoms with Gasteiger partial charge in [-0.15, -0.1) is 11.8 Å². The number of aryl methyl sites for hydroxylation is 1. The van der Waals surface area contributed by atoms with Crippen LogP contribution in [-0.2, 0) is 6.54 Å². The molecule has 0 aliphatic rings. The van der Waals surface area contributed by atoms with Crippen molar-refractivity contribution in [3.63, 3.8) is 0 Å². The van der Waals surface area contributed by atoms with E-state index in [2.05, 4.69) is 10.6 Å². The highest BCUT2D eigenvalue weighted by Gasteiger charge is 2.07. The molecule has 2 amide bonds. The lowest BCUT2D eigenvalue weighted by Crippen LogP contribution is -2.28. The molecule has 0 fully saturated rings. The van der Waals surface area contributed by atoms with Gasteiger partial charge in [0.25, 0.3) is 0 Å². The van der Waals surface area contributed by atoms with Gasteiger partial charge in [0.1, 0.15) is 5.75 Å². The number of urea groups is 1. The first-order valence-corrected chi connectivity index (χ1v) is 8.17. The first-order valence-electron chi connectivity index (χ1n) is 6.95. The SMILES string of the molecule is COc1ccc(C)cc1NC(=O)NCc1ccc(SC)cc1. The number of carbonyl (C=O) groups is 1. The number of anilines is 1. The molecule has 0 saturated carbocycles. The molecule has 5 heteroatoms. The number of ether oxygens (including phenoxy) is 1. The van der Waals surface area contributed by atoms with Crippen LogP contribution in [0.25, 0.3) is 0 Å². The predicted octanol–water partition coefficient (Wildman–Crippen LogP) is 4.05. The quantitative estimate of drug-likeness (QED) is 0.818. The van der Waals surface area contributed by atoms with E-state index in [1.54, 1.807) is 18.9 Å². The summed E-state index contributed by atoms with van der Waals surface area (Å²) in [6, 6.07) is 13.5. The van der Waals surface area contributed by atoms with Gasteiger partial charge in [-0.05, 0) is 48.6 Å². The highest BCUT2D eigenvalue weighted by atomic mass is 32.2. The summed E-state index contributed by atoms with van der Waals surface area (Å²) in [4.78, 5) is 13.2. The van der Waals surface area contributed by atoms with E-state index in [4.69, 9.17) is 4.74 Å². The molecule has 2 rings (SSSR count). The van der Waals surface area contributed by atoms with E-state index in [0.717, 1.165) is 11.1 Å². The van der Waals surface area contributed by atoms with Gasteiger partial charge in [0.2, 0.25) is 0 Å². The van der Waals surface area contributed by atoms with Crippen LogP contribution in [0.1, 0.15) is 11.1 Å². The summed E-state index contributed by atoms with van der Waals surface area (Å²) in [5.41, 5.74) is 2.78. The second-order valence-electron chi connectivity index (χ2n) is 4.86. The van der Waals surface area contributed by atoms with Gasteiger partial charge in [-0.1, -0.05) is 18.2 Å². The van der Waals surface area contributed by atoms with Crippen molar-refractivity contribution in [2.75, 3.05) is 18.7 Å². The van der Waals surface area contributed by atoms with Gasteiger partial charge in [-0.3, -0.25) is 0 Å². The molecule has 0 spiro atoms. The zero-order chi connectivity index (χ0) is 15.9. The third-order valence-corrected chi connectivity index (χ3v) is 3.96. The number of rotatable bonds is 5. The smallest absolute Gasteiger partial charge is 0.319 e. The summed E-state index contributed by atoms with van der Waals surface area (Å²) >= 11 is 1.70. The van der Waals surface area contributed by atoms with E-state index in [0.29, 0.717) is 18.0 Å². The Morgan fingerprint density at radius 1 is 1.18 bits per heavy atom. The number of carbonyl (C=O) groups excluding carboxylic acids is 1. The molecule has 4 nitrogen and oxygen atoms in total. The normalized spacial score (nSPS) is 10.1. The fraction of sp³-hybridized carbons (Fsp3) is 0.235. The predicted molar refractivity (Wildman–Crippen MR) is 91.8 cm³/mol. The van der Waals surface area contributed by atoms with Crippen LogP contribution in [0.15, 0.2) is 47.4 Å². The van der Waals surface area contributed by atoms with Gasteiger partial charge in [0.05, 0.1) is 12.8 Å². The summed E-state index contributed by atoms with van der Waals surface area (Å²) in [5.74, 6) is 0.644. The maximum absolute atomic E-state index is 12.0. The van der Waals surface area contributed by atoms with E-state index in [-0.39, 0.29) is 6.03 Å². The van der Waals surface area contributed by atoms with Crippen LogP contribution >= 0.6 is 11.8 Å². The van der Waals surface area contributed by atoms with Crippen LogP contribution < -0.4 is 15.4 Å². The average molecular weight is 316 g/mol. The molecule has 0 radical (unpaired) electrons. The summed E-state index contributed by atoms with van der Waals surface area (Å²) in [6.45, 7) is 2.45. The van der Waals surface area contributed by atoms with Gasteiger partial charge in [0, 0.05) is 11.4 Å².